The highest BCUT2D eigenvalue weighted by Gasteiger charge is 2.37. The maximum Gasteiger partial charge on any atom is 0.274 e. The first-order valence-corrected chi connectivity index (χ1v) is 23.9. The van der Waals surface area contributed by atoms with E-state index in [0.717, 1.165) is 36.3 Å². The standard InChI is InChI=1S/C47H57N11O10S/c1-26-40(27(2)54-42(53-26)30-11-14-33(15-12-30)68-32-8-6-5-7-9-32)45(62)57-37(25-52-69(50,65)66)47(64)58(4)41-31-13-16-38(59)34(24-31)35-22-29(10-17-39(35)67-21-19-49)23-36(44(61)51-20-18-48)56-43(60)28(3)55-46(41)63/h10-17,22,24,28,32,36-37,41,52,59H,5-9,19-21,23,25,49H2,1-4H3,(H,51,61)(H,55,63)(H,56,60)(H,57,62)(H2,50,65,66)/t28-,36-,37-,41-/m0/s1. The third kappa shape index (κ3) is 13.1. The van der Waals surface area contributed by atoms with E-state index in [-0.39, 0.29) is 71.8 Å². The third-order valence-electron chi connectivity index (χ3n) is 11.8. The first-order chi connectivity index (χ1) is 32.9. The van der Waals surface area contributed by atoms with Gasteiger partial charge in [0.25, 0.3) is 16.1 Å². The third-order valence-corrected chi connectivity index (χ3v) is 12.3. The van der Waals surface area contributed by atoms with Crippen LogP contribution in [0.25, 0.3) is 22.5 Å². The topological polar surface area (TPSA) is 323 Å². The summed E-state index contributed by atoms with van der Waals surface area (Å²) in [6.45, 7) is 3.61. The van der Waals surface area contributed by atoms with Gasteiger partial charge in [0.05, 0.1) is 29.1 Å². The minimum atomic E-state index is -4.45. The number of rotatable bonds is 15. The normalized spacial score (nSPS) is 18.0. The van der Waals surface area contributed by atoms with E-state index < -0.39 is 70.5 Å². The van der Waals surface area contributed by atoms with Crippen molar-refractivity contribution in [2.24, 2.45) is 10.9 Å². The molecule has 0 saturated heterocycles. The van der Waals surface area contributed by atoms with E-state index in [1.807, 2.05) is 30.3 Å². The van der Waals surface area contributed by atoms with Crippen molar-refractivity contribution in [3.05, 3.63) is 88.7 Å². The number of ether oxygens (including phenoxy) is 2. The molecule has 1 aromatic heterocycles. The van der Waals surface area contributed by atoms with Gasteiger partial charge < -0.3 is 46.5 Å². The summed E-state index contributed by atoms with van der Waals surface area (Å²) in [4.78, 5) is 80.5. The number of nitrogens with zero attached hydrogens (tertiary/aromatic N) is 4. The van der Waals surface area contributed by atoms with Crippen LogP contribution in [0.4, 0.5) is 0 Å². The number of hydrogen-bond donors (Lipinski definition) is 8. The number of phenols is 1. The maximum atomic E-state index is 14.7. The van der Waals surface area contributed by atoms with Crippen molar-refractivity contribution in [1.29, 1.82) is 5.26 Å². The summed E-state index contributed by atoms with van der Waals surface area (Å²) in [5.74, 6) is -3.19. The molecule has 69 heavy (non-hydrogen) atoms. The number of carbonyl (C=O) groups is 5. The summed E-state index contributed by atoms with van der Waals surface area (Å²) in [7, 11) is -3.22. The zero-order chi connectivity index (χ0) is 50.0. The highest BCUT2D eigenvalue weighted by Crippen LogP contribution is 2.39. The highest BCUT2D eigenvalue weighted by atomic mass is 32.2. The number of aromatic nitrogens is 2. The molecule has 22 heteroatoms. The number of hydrogen-bond acceptors (Lipinski definition) is 14. The van der Waals surface area contributed by atoms with E-state index >= 15 is 0 Å². The van der Waals surface area contributed by atoms with Crippen LogP contribution in [0.2, 0.25) is 0 Å². The van der Waals surface area contributed by atoms with Gasteiger partial charge in [0.2, 0.25) is 23.6 Å². The van der Waals surface area contributed by atoms with Crippen LogP contribution in [0.15, 0.2) is 60.7 Å². The van der Waals surface area contributed by atoms with Crippen LogP contribution in [0.3, 0.4) is 0 Å². The molecule has 0 unspecified atom stereocenters. The number of benzene rings is 3. The zero-order valence-corrected chi connectivity index (χ0v) is 39.5. The number of aryl methyl sites for hydroxylation is 2. The average molecular weight is 968 g/mol. The lowest BCUT2D eigenvalue weighted by Crippen LogP contribution is -2.57. The Morgan fingerprint density at radius 1 is 0.971 bits per heavy atom. The predicted octanol–water partition coefficient (Wildman–Crippen LogP) is 1.46. The molecule has 5 amide bonds. The molecule has 2 aliphatic rings. The fourth-order valence-electron chi connectivity index (χ4n) is 8.28. The fraction of sp³-hybridized carbons (Fsp3) is 0.404. The number of phenolic OH excluding ortho intramolecular Hbond substituents is 1. The van der Waals surface area contributed by atoms with Crippen molar-refractivity contribution >= 4 is 39.7 Å². The molecule has 21 nitrogen and oxygen atoms in total. The molecule has 3 aromatic carbocycles. The zero-order valence-electron chi connectivity index (χ0n) is 38.7. The van der Waals surface area contributed by atoms with Crippen LogP contribution in [0.1, 0.15) is 77.9 Å². The van der Waals surface area contributed by atoms with Crippen LogP contribution in [0, 0.1) is 25.2 Å². The SMILES string of the molecule is Cc1nc(-c2ccc(OC3CCCCC3)cc2)nc(C)c1C(=O)N[C@@H](CNS(N)(=O)=O)C(=O)N(C)[C@@H]1C(=O)N[C@@H](C)C(=O)N[C@H](C(=O)NCC#N)Cc2ccc(OCCN)c(c2)-c2cc1ccc2O. The van der Waals surface area contributed by atoms with Crippen molar-refractivity contribution in [2.75, 3.05) is 33.3 Å². The number of carbonyl (C=O) groups excluding carboxylic acids is 5. The van der Waals surface area contributed by atoms with Crippen LogP contribution in [-0.4, -0.2) is 115 Å². The molecule has 0 spiro atoms. The Labute approximate surface area is 399 Å². The van der Waals surface area contributed by atoms with E-state index in [1.165, 1.54) is 38.6 Å². The molecule has 1 fully saturated rings. The van der Waals surface area contributed by atoms with Gasteiger partial charge in [-0.05, 0) is 106 Å². The second kappa shape index (κ2) is 22.7. The Hall–Kier alpha value is -7.19. The fourth-order valence-corrected chi connectivity index (χ4v) is 8.68. The van der Waals surface area contributed by atoms with Gasteiger partial charge in [-0.25, -0.2) is 15.1 Å². The van der Waals surface area contributed by atoms with Gasteiger partial charge in [0.15, 0.2) is 5.82 Å². The molecule has 1 saturated carbocycles. The summed E-state index contributed by atoms with van der Waals surface area (Å²) in [6.07, 6.45) is 5.55. The summed E-state index contributed by atoms with van der Waals surface area (Å²) in [6, 6.07) is 12.2. The van der Waals surface area contributed by atoms with Gasteiger partial charge in [0.1, 0.15) is 54.6 Å². The molecule has 2 heterocycles. The Kier molecular flexibility index (Phi) is 16.9. The Balaban J connectivity index is 1.34. The molecule has 0 radical (unpaired) electrons. The molecule has 6 rings (SSSR count). The second-order valence-corrected chi connectivity index (χ2v) is 18.3. The quantitative estimate of drug-likeness (QED) is 0.0783. The molecule has 4 bridgehead atoms. The number of likely N-dealkylation sites (N-methyl/N-ethyl adjacent to an activating group) is 1. The molecule has 4 aromatic rings. The van der Waals surface area contributed by atoms with Gasteiger partial charge in [-0.15, -0.1) is 0 Å². The first kappa shape index (κ1) is 51.2. The summed E-state index contributed by atoms with van der Waals surface area (Å²) >= 11 is 0. The number of nitrogens with two attached hydrogens (primary N) is 2. The lowest BCUT2D eigenvalue weighted by atomic mass is 9.93. The van der Waals surface area contributed by atoms with Gasteiger partial charge in [0, 0.05) is 43.2 Å². The number of aromatic hydroxyl groups is 1. The maximum absolute atomic E-state index is 14.7. The average Bonchev–Trinajstić information content (AvgIpc) is 3.31. The van der Waals surface area contributed by atoms with E-state index in [9.17, 15) is 37.5 Å². The monoisotopic (exact) mass is 967 g/mol. The van der Waals surface area contributed by atoms with Crippen LogP contribution < -0.4 is 46.3 Å². The highest BCUT2D eigenvalue weighted by molar-refractivity contribution is 7.87. The smallest absolute Gasteiger partial charge is 0.274 e. The summed E-state index contributed by atoms with van der Waals surface area (Å²) < 4.78 is 38.6. The molecule has 1 aliphatic carbocycles. The molecule has 4 atom stereocenters. The lowest BCUT2D eigenvalue weighted by molar-refractivity contribution is -0.141. The van der Waals surface area contributed by atoms with Crippen LogP contribution in [-0.2, 0) is 35.8 Å². The second-order valence-electron chi connectivity index (χ2n) is 16.9. The van der Waals surface area contributed by atoms with E-state index in [0.29, 0.717) is 22.5 Å². The van der Waals surface area contributed by atoms with Gasteiger partial charge >= 0.3 is 0 Å². The lowest BCUT2D eigenvalue weighted by Gasteiger charge is -2.32. The first-order valence-electron chi connectivity index (χ1n) is 22.4. The van der Waals surface area contributed by atoms with E-state index in [4.69, 9.17) is 25.6 Å². The van der Waals surface area contributed by atoms with Gasteiger partial charge in [-0.3, -0.25) is 24.0 Å². The van der Waals surface area contributed by atoms with Crippen molar-refractivity contribution in [3.8, 4) is 45.8 Å². The van der Waals surface area contributed by atoms with Crippen LogP contribution >= 0.6 is 0 Å². The minimum Gasteiger partial charge on any atom is -0.507 e. The molecule has 366 valence electrons. The Morgan fingerprint density at radius 2 is 1.67 bits per heavy atom. The molecule has 10 N–H and O–H groups in total. The summed E-state index contributed by atoms with van der Waals surface area (Å²) in [5, 5.41) is 36.0. The number of nitrogens with one attached hydrogen (secondary N) is 5. The van der Waals surface area contributed by atoms with Crippen molar-refractivity contribution < 1.29 is 47.0 Å². The van der Waals surface area contributed by atoms with Crippen molar-refractivity contribution in [2.45, 2.75) is 89.6 Å². The molecular formula is C47H57N11O10S. The van der Waals surface area contributed by atoms with Gasteiger partial charge in [-0.1, -0.05) is 18.6 Å². The van der Waals surface area contributed by atoms with Crippen molar-refractivity contribution in [1.82, 2.24) is 40.9 Å². The minimum absolute atomic E-state index is 0.000283. The number of fused-ring (bicyclic) bond motifs is 5. The Bertz CT molecular complexity index is 2700. The van der Waals surface area contributed by atoms with Crippen molar-refractivity contribution in [3.63, 3.8) is 0 Å². The van der Waals surface area contributed by atoms with Crippen LogP contribution in [0.5, 0.6) is 17.2 Å². The van der Waals surface area contributed by atoms with Gasteiger partial charge in [-0.2, -0.15) is 18.4 Å². The molecule has 1 aliphatic heterocycles. The predicted molar refractivity (Wildman–Crippen MR) is 252 cm³/mol. The van der Waals surface area contributed by atoms with E-state index in [2.05, 4.69) is 36.0 Å². The Morgan fingerprint density at radius 3 is 2.32 bits per heavy atom. The number of amides is 5. The molecular weight excluding hydrogens is 911 g/mol. The number of nitriles is 1. The van der Waals surface area contributed by atoms with E-state index in [1.54, 1.807) is 32.0 Å². The summed E-state index contributed by atoms with van der Waals surface area (Å²) in [5.41, 5.74) is 7.94. The largest absolute Gasteiger partial charge is 0.507 e.